The Morgan fingerprint density at radius 2 is 1.75 bits per heavy atom. The molecular weight excluding hydrogens is 248 g/mol. The van der Waals surface area contributed by atoms with Gasteiger partial charge in [-0.3, -0.25) is 4.79 Å². The summed E-state index contributed by atoms with van der Waals surface area (Å²) in [5.74, 6) is 0.0681. The third kappa shape index (κ3) is 3.46. The number of hydrogen-bond acceptors (Lipinski definition) is 2. The molecule has 0 atom stereocenters. The van der Waals surface area contributed by atoms with Gasteiger partial charge >= 0.3 is 0 Å². The van der Waals surface area contributed by atoms with Crippen molar-refractivity contribution < 1.29 is 4.79 Å². The average molecular weight is 264 g/mol. The van der Waals surface area contributed by atoms with Gasteiger partial charge in [0.2, 0.25) is 5.91 Å². The van der Waals surface area contributed by atoms with E-state index in [9.17, 15) is 4.79 Å². The van der Waals surface area contributed by atoms with Crippen molar-refractivity contribution >= 4 is 11.6 Å². The van der Waals surface area contributed by atoms with Crippen molar-refractivity contribution in [2.75, 3.05) is 11.9 Å². The van der Waals surface area contributed by atoms with E-state index in [0.717, 1.165) is 17.7 Å². The second kappa shape index (κ2) is 6.53. The summed E-state index contributed by atoms with van der Waals surface area (Å²) in [7, 11) is 1.76. The molecule has 0 spiro atoms. The van der Waals surface area contributed by atoms with Crippen molar-refractivity contribution in [2.45, 2.75) is 12.8 Å². The first-order valence-corrected chi connectivity index (χ1v) is 6.51. The van der Waals surface area contributed by atoms with Crippen LogP contribution < -0.4 is 4.90 Å². The molecule has 0 saturated carbocycles. The lowest BCUT2D eigenvalue weighted by atomic mass is 10.1. The van der Waals surface area contributed by atoms with Crippen LogP contribution in [0.15, 0.2) is 54.6 Å². The SMILES string of the molecule is CN(C(=O)CCc1ccccc1)c1ccc(C#N)cc1. The predicted molar refractivity (Wildman–Crippen MR) is 79.3 cm³/mol. The van der Waals surface area contributed by atoms with Crippen LogP contribution >= 0.6 is 0 Å². The fraction of sp³-hybridized carbons (Fsp3) is 0.176. The Bertz CT molecular complexity index is 612. The number of anilines is 1. The highest BCUT2D eigenvalue weighted by molar-refractivity contribution is 5.92. The van der Waals surface area contributed by atoms with Crippen LogP contribution in [0.25, 0.3) is 0 Å². The zero-order chi connectivity index (χ0) is 14.4. The second-order valence-corrected chi connectivity index (χ2v) is 4.60. The first kappa shape index (κ1) is 13.8. The van der Waals surface area contributed by atoms with Crippen molar-refractivity contribution in [3.8, 4) is 6.07 Å². The van der Waals surface area contributed by atoms with Crippen molar-refractivity contribution in [3.63, 3.8) is 0 Å². The van der Waals surface area contributed by atoms with Crippen molar-refractivity contribution in [3.05, 3.63) is 65.7 Å². The van der Waals surface area contributed by atoms with E-state index in [-0.39, 0.29) is 5.91 Å². The maximum Gasteiger partial charge on any atom is 0.227 e. The van der Waals surface area contributed by atoms with Crippen LogP contribution in [0.1, 0.15) is 17.5 Å². The zero-order valence-corrected chi connectivity index (χ0v) is 11.4. The molecule has 3 heteroatoms. The summed E-state index contributed by atoms with van der Waals surface area (Å²) in [6.07, 6.45) is 1.21. The topological polar surface area (TPSA) is 44.1 Å². The van der Waals surface area contributed by atoms with Crippen molar-refractivity contribution in [2.24, 2.45) is 0 Å². The molecule has 0 unspecified atom stereocenters. The van der Waals surface area contributed by atoms with Gasteiger partial charge < -0.3 is 4.90 Å². The van der Waals surface area contributed by atoms with E-state index >= 15 is 0 Å². The largest absolute Gasteiger partial charge is 0.315 e. The molecule has 2 rings (SSSR count). The molecule has 0 radical (unpaired) electrons. The lowest BCUT2D eigenvalue weighted by molar-refractivity contribution is -0.118. The number of aryl methyl sites for hydroxylation is 1. The van der Waals surface area contributed by atoms with E-state index in [1.807, 2.05) is 30.3 Å². The van der Waals surface area contributed by atoms with Gasteiger partial charge in [-0.1, -0.05) is 30.3 Å². The molecule has 2 aromatic carbocycles. The molecule has 0 aromatic heterocycles. The van der Waals surface area contributed by atoms with Gasteiger partial charge in [0.15, 0.2) is 0 Å². The zero-order valence-electron chi connectivity index (χ0n) is 11.4. The standard InChI is InChI=1S/C17H16N2O/c1-19(16-10-7-15(13-18)8-11-16)17(20)12-9-14-5-3-2-4-6-14/h2-8,10-11H,9,12H2,1H3. The molecule has 0 aliphatic heterocycles. The number of benzene rings is 2. The van der Waals surface area contributed by atoms with Gasteiger partial charge in [-0.25, -0.2) is 0 Å². The maximum atomic E-state index is 12.1. The Balaban J connectivity index is 1.96. The van der Waals surface area contributed by atoms with Crippen LogP contribution in [0.4, 0.5) is 5.69 Å². The van der Waals surface area contributed by atoms with E-state index in [1.54, 1.807) is 36.2 Å². The number of nitrogens with zero attached hydrogens (tertiary/aromatic N) is 2. The maximum absolute atomic E-state index is 12.1. The van der Waals surface area contributed by atoms with Crippen LogP contribution in [0, 0.1) is 11.3 Å². The first-order valence-electron chi connectivity index (χ1n) is 6.51. The molecule has 0 aliphatic carbocycles. The predicted octanol–water partition coefficient (Wildman–Crippen LogP) is 3.15. The number of nitriles is 1. The van der Waals surface area contributed by atoms with Gasteiger partial charge in [-0.15, -0.1) is 0 Å². The molecule has 0 heterocycles. The van der Waals surface area contributed by atoms with E-state index in [0.29, 0.717) is 12.0 Å². The molecule has 0 N–H and O–H groups in total. The number of carbonyl (C=O) groups is 1. The van der Waals surface area contributed by atoms with Gasteiger partial charge in [-0.05, 0) is 36.2 Å². The molecule has 0 bridgehead atoms. The fourth-order valence-corrected chi connectivity index (χ4v) is 1.97. The summed E-state index contributed by atoms with van der Waals surface area (Å²) in [6.45, 7) is 0. The Hall–Kier alpha value is -2.60. The second-order valence-electron chi connectivity index (χ2n) is 4.60. The molecule has 0 fully saturated rings. The van der Waals surface area contributed by atoms with Gasteiger partial charge in [0.25, 0.3) is 0 Å². The molecule has 0 saturated heterocycles. The lowest BCUT2D eigenvalue weighted by Crippen LogP contribution is -2.26. The van der Waals surface area contributed by atoms with Gasteiger partial charge in [0.05, 0.1) is 11.6 Å². The van der Waals surface area contributed by atoms with Crippen LogP contribution in [-0.4, -0.2) is 13.0 Å². The minimum atomic E-state index is 0.0681. The summed E-state index contributed by atoms with van der Waals surface area (Å²) in [5.41, 5.74) is 2.56. The lowest BCUT2D eigenvalue weighted by Gasteiger charge is -2.17. The quantitative estimate of drug-likeness (QED) is 0.851. The molecule has 100 valence electrons. The van der Waals surface area contributed by atoms with E-state index in [1.165, 1.54) is 0 Å². The summed E-state index contributed by atoms with van der Waals surface area (Å²) in [4.78, 5) is 13.8. The minimum Gasteiger partial charge on any atom is -0.315 e. The molecule has 2 aromatic rings. The average Bonchev–Trinajstić information content (AvgIpc) is 2.53. The summed E-state index contributed by atoms with van der Waals surface area (Å²) in [6, 6.07) is 19.0. The molecular formula is C17H16N2O. The normalized spacial score (nSPS) is 9.80. The van der Waals surface area contributed by atoms with E-state index < -0.39 is 0 Å². The van der Waals surface area contributed by atoms with Crippen molar-refractivity contribution in [1.29, 1.82) is 5.26 Å². The first-order chi connectivity index (χ1) is 9.70. The summed E-state index contributed by atoms with van der Waals surface area (Å²) < 4.78 is 0. The summed E-state index contributed by atoms with van der Waals surface area (Å²) in [5, 5.41) is 8.76. The van der Waals surface area contributed by atoms with Crippen molar-refractivity contribution in [1.82, 2.24) is 0 Å². The third-order valence-electron chi connectivity index (χ3n) is 3.23. The minimum absolute atomic E-state index is 0.0681. The highest BCUT2D eigenvalue weighted by atomic mass is 16.2. The third-order valence-corrected chi connectivity index (χ3v) is 3.23. The Morgan fingerprint density at radius 3 is 2.35 bits per heavy atom. The van der Waals surface area contributed by atoms with Gasteiger partial charge in [-0.2, -0.15) is 5.26 Å². The molecule has 1 amide bonds. The molecule has 20 heavy (non-hydrogen) atoms. The Kier molecular flexibility index (Phi) is 4.52. The fourth-order valence-electron chi connectivity index (χ4n) is 1.97. The summed E-state index contributed by atoms with van der Waals surface area (Å²) >= 11 is 0. The Labute approximate surface area is 119 Å². The monoisotopic (exact) mass is 264 g/mol. The number of rotatable bonds is 4. The van der Waals surface area contributed by atoms with Gasteiger partial charge in [0.1, 0.15) is 0 Å². The van der Waals surface area contributed by atoms with Crippen LogP contribution in [-0.2, 0) is 11.2 Å². The van der Waals surface area contributed by atoms with Crippen LogP contribution in [0.5, 0.6) is 0 Å². The number of hydrogen-bond donors (Lipinski definition) is 0. The van der Waals surface area contributed by atoms with E-state index in [4.69, 9.17) is 5.26 Å². The van der Waals surface area contributed by atoms with E-state index in [2.05, 4.69) is 6.07 Å². The van der Waals surface area contributed by atoms with Crippen LogP contribution in [0.3, 0.4) is 0 Å². The van der Waals surface area contributed by atoms with Crippen LogP contribution in [0.2, 0.25) is 0 Å². The number of carbonyl (C=O) groups excluding carboxylic acids is 1. The molecule has 0 aliphatic rings. The Morgan fingerprint density at radius 1 is 1.10 bits per heavy atom. The molecule has 3 nitrogen and oxygen atoms in total. The highest BCUT2D eigenvalue weighted by Gasteiger charge is 2.10. The smallest absolute Gasteiger partial charge is 0.227 e. The van der Waals surface area contributed by atoms with Gasteiger partial charge in [0, 0.05) is 19.2 Å². The highest BCUT2D eigenvalue weighted by Crippen LogP contribution is 2.15. The number of amides is 1.